The SMILES string of the molecule is Cc1c(C2c3c([nH]c4c3CC[C@H](C(C)(C)O)C4)C(C(N)=O)=CC2F)cccc1-n1c(=O)[nH]c2c(Cl)cccc2c1=O. The molecule has 2 aromatic carbocycles. The molecule has 3 atom stereocenters. The van der Waals surface area contributed by atoms with Gasteiger partial charge in [-0.25, -0.2) is 13.8 Å². The van der Waals surface area contributed by atoms with E-state index in [1.54, 1.807) is 57.2 Å². The number of hydrogen-bond donors (Lipinski definition) is 4. The minimum atomic E-state index is -1.59. The number of benzene rings is 2. The maximum Gasteiger partial charge on any atom is 0.333 e. The van der Waals surface area contributed by atoms with E-state index >= 15 is 4.39 Å². The number of nitrogens with zero attached hydrogens (tertiary/aromatic N) is 1. The number of H-pyrrole nitrogens is 2. The number of amides is 1. The molecule has 2 aromatic heterocycles. The number of alkyl halides is 1. The number of fused-ring (bicyclic) bond motifs is 4. The number of rotatable bonds is 4. The highest BCUT2D eigenvalue weighted by Crippen LogP contribution is 2.47. The Morgan fingerprint density at radius 1 is 1.17 bits per heavy atom. The largest absolute Gasteiger partial charge is 0.390 e. The van der Waals surface area contributed by atoms with Gasteiger partial charge in [-0.3, -0.25) is 9.59 Å². The molecule has 4 aromatic rings. The van der Waals surface area contributed by atoms with E-state index in [0.717, 1.165) is 15.8 Å². The second kappa shape index (κ2) is 9.56. The van der Waals surface area contributed by atoms with E-state index in [-0.39, 0.29) is 27.4 Å². The van der Waals surface area contributed by atoms with Crippen molar-refractivity contribution in [2.75, 3.05) is 0 Å². The molecule has 0 radical (unpaired) electrons. The minimum Gasteiger partial charge on any atom is -0.390 e. The molecule has 2 aliphatic rings. The second-order valence-electron chi connectivity index (χ2n) is 11.6. The van der Waals surface area contributed by atoms with Crippen LogP contribution in [0.15, 0.2) is 52.1 Å². The summed E-state index contributed by atoms with van der Waals surface area (Å²) in [6, 6.07) is 9.93. The van der Waals surface area contributed by atoms with Gasteiger partial charge in [-0.1, -0.05) is 29.8 Å². The molecule has 5 N–H and O–H groups in total. The highest BCUT2D eigenvalue weighted by atomic mass is 35.5. The smallest absolute Gasteiger partial charge is 0.333 e. The zero-order chi connectivity index (χ0) is 29.4. The molecule has 2 aliphatic carbocycles. The van der Waals surface area contributed by atoms with Gasteiger partial charge in [0.05, 0.1) is 38.5 Å². The van der Waals surface area contributed by atoms with Gasteiger partial charge < -0.3 is 20.8 Å². The number of para-hydroxylation sites is 1. The third-order valence-corrected chi connectivity index (χ3v) is 9.04. The van der Waals surface area contributed by atoms with Crippen molar-refractivity contribution in [1.82, 2.24) is 14.5 Å². The number of carbonyl (C=O) groups is 1. The Kier molecular flexibility index (Phi) is 6.35. The van der Waals surface area contributed by atoms with Crippen LogP contribution in [0.4, 0.5) is 4.39 Å². The molecule has 0 fully saturated rings. The summed E-state index contributed by atoms with van der Waals surface area (Å²) in [7, 11) is 0. The Hall–Kier alpha value is -3.95. The Balaban J connectivity index is 1.55. The van der Waals surface area contributed by atoms with Gasteiger partial charge in [-0.2, -0.15) is 0 Å². The van der Waals surface area contributed by atoms with E-state index in [1.807, 2.05) is 0 Å². The Morgan fingerprint density at radius 2 is 1.90 bits per heavy atom. The number of aliphatic hydroxyl groups is 1. The van der Waals surface area contributed by atoms with Gasteiger partial charge >= 0.3 is 5.69 Å². The highest BCUT2D eigenvalue weighted by Gasteiger charge is 2.41. The zero-order valence-electron chi connectivity index (χ0n) is 22.8. The van der Waals surface area contributed by atoms with E-state index in [2.05, 4.69) is 9.97 Å². The monoisotopic (exact) mass is 576 g/mol. The predicted octanol–water partition coefficient (Wildman–Crippen LogP) is 4.20. The zero-order valence-corrected chi connectivity index (χ0v) is 23.6. The molecule has 6 rings (SSSR count). The van der Waals surface area contributed by atoms with E-state index in [0.29, 0.717) is 47.3 Å². The molecular weight excluding hydrogens is 547 g/mol. The summed E-state index contributed by atoms with van der Waals surface area (Å²) in [5.41, 5.74) is 8.29. The number of halogens is 2. The normalized spacial score (nSPS) is 20.4. The molecule has 212 valence electrons. The quantitative estimate of drug-likeness (QED) is 0.290. The summed E-state index contributed by atoms with van der Waals surface area (Å²) >= 11 is 6.22. The van der Waals surface area contributed by atoms with Crippen molar-refractivity contribution in [2.24, 2.45) is 11.7 Å². The lowest BCUT2D eigenvalue weighted by molar-refractivity contribution is -0.112. The first kappa shape index (κ1) is 27.2. The van der Waals surface area contributed by atoms with Gasteiger partial charge in [0.15, 0.2) is 0 Å². The fourth-order valence-corrected chi connectivity index (χ4v) is 6.79. The number of allylic oxidation sites excluding steroid dienone is 1. The van der Waals surface area contributed by atoms with Crippen LogP contribution in [0.25, 0.3) is 22.2 Å². The molecule has 1 amide bonds. The molecular formula is C31H30ClFN4O4. The van der Waals surface area contributed by atoms with Gasteiger partial charge in [0.25, 0.3) is 11.5 Å². The molecule has 0 spiro atoms. The summed E-state index contributed by atoms with van der Waals surface area (Å²) < 4.78 is 17.2. The fourth-order valence-electron chi connectivity index (χ4n) is 6.57. The lowest BCUT2D eigenvalue weighted by atomic mass is 9.73. The van der Waals surface area contributed by atoms with Crippen molar-refractivity contribution in [2.45, 2.75) is 57.7 Å². The number of hydrogen-bond acceptors (Lipinski definition) is 4. The molecule has 8 nitrogen and oxygen atoms in total. The molecule has 0 bridgehead atoms. The fraction of sp³-hybridized carbons (Fsp3) is 0.323. The topological polar surface area (TPSA) is 134 Å². The van der Waals surface area contributed by atoms with Gasteiger partial charge in [0.1, 0.15) is 6.17 Å². The van der Waals surface area contributed by atoms with Crippen molar-refractivity contribution >= 4 is 34.0 Å². The standard InChI is InChI=1S/C31H30ClFN4O4/c1-14-16(6-5-9-23(14)37-29(39)18-7-4-8-20(32)26(18)36-30(37)40)24-21(33)13-19(28(34)38)27-25(24)17-11-10-15(31(2,3)41)12-22(17)35-27/h4-9,13,15,21,24,35,41H,10-12H2,1-3H3,(H2,34,38)(H,36,40)/t15-,21?,24?/m0/s1. The second-order valence-corrected chi connectivity index (χ2v) is 12.0. The summed E-state index contributed by atoms with van der Waals surface area (Å²) in [6.07, 6.45) is 1.49. The lowest BCUT2D eigenvalue weighted by Crippen LogP contribution is -2.35. The van der Waals surface area contributed by atoms with E-state index in [9.17, 15) is 19.5 Å². The molecule has 0 saturated heterocycles. The maximum absolute atomic E-state index is 16.2. The van der Waals surface area contributed by atoms with Crippen LogP contribution in [-0.4, -0.2) is 37.3 Å². The molecule has 2 unspecified atom stereocenters. The molecule has 0 aliphatic heterocycles. The van der Waals surface area contributed by atoms with Crippen LogP contribution < -0.4 is 17.0 Å². The third-order valence-electron chi connectivity index (χ3n) is 8.72. The Bertz CT molecular complexity index is 1900. The highest BCUT2D eigenvalue weighted by molar-refractivity contribution is 6.34. The van der Waals surface area contributed by atoms with Crippen molar-refractivity contribution in [1.29, 1.82) is 0 Å². The van der Waals surface area contributed by atoms with Crippen LogP contribution >= 0.6 is 11.6 Å². The first-order valence-corrected chi connectivity index (χ1v) is 13.9. The lowest BCUT2D eigenvalue weighted by Gasteiger charge is -2.34. The van der Waals surface area contributed by atoms with E-state index in [1.165, 1.54) is 6.08 Å². The molecule has 41 heavy (non-hydrogen) atoms. The van der Waals surface area contributed by atoms with Gasteiger partial charge in [-0.15, -0.1) is 0 Å². The van der Waals surface area contributed by atoms with Gasteiger partial charge in [0.2, 0.25) is 0 Å². The number of aromatic nitrogens is 3. The Morgan fingerprint density at radius 3 is 2.61 bits per heavy atom. The third kappa shape index (κ3) is 4.26. The predicted molar refractivity (Wildman–Crippen MR) is 156 cm³/mol. The van der Waals surface area contributed by atoms with E-state index < -0.39 is 34.8 Å². The van der Waals surface area contributed by atoms with Crippen LogP contribution in [0.3, 0.4) is 0 Å². The van der Waals surface area contributed by atoms with E-state index in [4.69, 9.17) is 17.3 Å². The van der Waals surface area contributed by atoms with Crippen molar-refractivity contribution in [3.63, 3.8) is 0 Å². The first-order chi connectivity index (χ1) is 19.4. The first-order valence-electron chi connectivity index (χ1n) is 13.5. The van der Waals surface area contributed by atoms with Gasteiger partial charge in [-0.05, 0) is 92.5 Å². The number of primary amides is 1. The average molecular weight is 577 g/mol. The van der Waals surface area contributed by atoms with Gasteiger partial charge in [0, 0.05) is 11.6 Å². The number of carbonyl (C=O) groups excluding carboxylic acids is 1. The van der Waals surface area contributed by atoms with Crippen molar-refractivity contribution in [3.05, 3.63) is 102 Å². The summed E-state index contributed by atoms with van der Waals surface area (Å²) in [6.45, 7) is 5.31. The van der Waals surface area contributed by atoms with Crippen LogP contribution in [0.5, 0.6) is 0 Å². The van der Waals surface area contributed by atoms with Crippen LogP contribution in [0.1, 0.15) is 59.8 Å². The average Bonchev–Trinajstić information content (AvgIpc) is 3.28. The Labute approximate surface area is 239 Å². The molecule has 0 saturated carbocycles. The molecule has 2 heterocycles. The van der Waals surface area contributed by atoms with Crippen LogP contribution in [0.2, 0.25) is 5.02 Å². The number of nitrogens with two attached hydrogens (primary N) is 1. The van der Waals surface area contributed by atoms with Crippen molar-refractivity contribution in [3.8, 4) is 5.69 Å². The summed E-state index contributed by atoms with van der Waals surface area (Å²) in [5.74, 6) is -1.56. The number of nitrogens with one attached hydrogen (secondary N) is 2. The minimum absolute atomic E-state index is 0.0131. The summed E-state index contributed by atoms with van der Waals surface area (Å²) in [4.78, 5) is 45.1. The van der Waals surface area contributed by atoms with Crippen LogP contribution in [0, 0.1) is 12.8 Å². The van der Waals surface area contributed by atoms with Crippen LogP contribution in [-0.2, 0) is 17.6 Å². The summed E-state index contributed by atoms with van der Waals surface area (Å²) in [5, 5.41) is 11.2. The molecule has 10 heteroatoms. The van der Waals surface area contributed by atoms with Crippen molar-refractivity contribution < 1.29 is 14.3 Å². The number of aromatic amines is 2. The maximum atomic E-state index is 16.2.